The van der Waals surface area contributed by atoms with Crippen molar-refractivity contribution in [3.8, 4) is 17.2 Å². The summed E-state index contributed by atoms with van der Waals surface area (Å²) in [7, 11) is 3.11. The van der Waals surface area contributed by atoms with Gasteiger partial charge in [0.05, 0.1) is 20.8 Å². The fraction of sp³-hybridized carbons (Fsp3) is 0.316. The fourth-order valence-electron chi connectivity index (χ4n) is 2.25. The number of rotatable bonds is 8. The van der Waals surface area contributed by atoms with Crippen molar-refractivity contribution in [2.75, 3.05) is 27.4 Å². The Morgan fingerprint density at radius 1 is 1.04 bits per heavy atom. The largest absolute Gasteiger partial charge is 0.494 e. The molecule has 5 heteroatoms. The highest BCUT2D eigenvalue weighted by atomic mass is 16.5. The Morgan fingerprint density at radius 2 is 1.83 bits per heavy atom. The predicted molar refractivity (Wildman–Crippen MR) is 93.2 cm³/mol. The number of methoxy groups -OCH3 is 2. The molecular formula is C19H23NO4. The monoisotopic (exact) mass is 329 g/mol. The van der Waals surface area contributed by atoms with Crippen LogP contribution >= 0.6 is 0 Å². The van der Waals surface area contributed by atoms with Crippen LogP contribution in [0.4, 0.5) is 0 Å². The maximum Gasteiger partial charge on any atom is 0.251 e. The zero-order chi connectivity index (χ0) is 17.4. The van der Waals surface area contributed by atoms with E-state index in [1.54, 1.807) is 32.4 Å². The molecule has 0 spiro atoms. The maximum absolute atomic E-state index is 12.1. The average Bonchev–Trinajstić information content (AvgIpc) is 2.60. The summed E-state index contributed by atoms with van der Waals surface area (Å²) in [5.74, 6) is 1.83. The quantitative estimate of drug-likeness (QED) is 0.756. The molecule has 1 amide bonds. The molecule has 0 aliphatic rings. The van der Waals surface area contributed by atoms with E-state index in [0.717, 1.165) is 17.7 Å². The summed E-state index contributed by atoms with van der Waals surface area (Å²) < 4.78 is 16.0. The molecular weight excluding hydrogens is 306 g/mol. The Labute approximate surface area is 142 Å². The van der Waals surface area contributed by atoms with Gasteiger partial charge in [0.15, 0.2) is 11.5 Å². The number of ether oxygens (including phenoxy) is 3. The van der Waals surface area contributed by atoms with Gasteiger partial charge in [-0.25, -0.2) is 0 Å². The summed E-state index contributed by atoms with van der Waals surface area (Å²) >= 11 is 0. The number of amides is 1. The molecule has 0 atom stereocenters. The van der Waals surface area contributed by atoms with Gasteiger partial charge in [-0.2, -0.15) is 0 Å². The second-order valence-electron chi connectivity index (χ2n) is 5.34. The molecule has 5 nitrogen and oxygen atoms in total. The van der Waals surface area contributed by atoms with Crippen LogP contribution in [0, 0.1) is 6.92 Å². The lowest BCUT2D eigenvalue weighted by Crippen LogP contribution is -2.25. The van der Waals surface area contributed by atoms with E-state index in [9.17, 15) is 4.79 Å². The zero-order valence-corrected chi connectivity index (χ0v) is 14.3. The van der Waals surface area contributed by atoms with Gasteiger partial charge in [0, 0.05) is 12.1 Å². The lowest BCUT2D eigenvalue weighted by atomic mass is 10.2. The molecule has 0 bridgehead atoms. The Kier molecular flexibility index (Phi) is 6.49. The Morgan fingerprint density at radius 3 is 2.54 bits per heavy atom. The molecule has 0 radical (unpaired) electrons. The topological polar surface area (TPSA) is 56.8 Å². The lowest BCUT2D eigenvalue weighted by molar-refractivity contribution is 0.0951. The molecule has 2 aromatic carbocycles. The number of hydrogen-bond donors (Lipinski definition) is 1. The van der Waals surface area contributed by atoms with E-state index in [-0.39, 0.29) is 5.91 Å². The van der Waals surface area contributed by atoms with E-state index < -0.39 is 0 Å². The number of aryl methyl sites for hydroxylation is 1. The molecule has 0 fully saturated rings. The van der Waals surface area contributed by atoms with E-state index >= 15 is 0 Å². The number of carbonyl (C=O) groups excluding carboxylic acids is 1. The van der Waals surface area contributed by atoms with Gasteiger partial charge >= 0.3 is 0 Å². The van der Waals surface area contributed by atoms with Crippen molar-refractivity contribution >= 4 is 5.91 Å². The number of nitrogens with one attached hydrogen (secondary N) is 1. The summed E-state index contributed by atoms with van der Waals surface area (Å²) in [5.41, 5.74) is 1.70. The number of hydrogen-bond acceptors (Lipinski definition) is 4. The van der Waals surface area contributed by atoms with Gasteiger partial charge in [-0.05, 0) is 49.2 Å². The number of benzene rings is 2. The zero-order valence-electron chi connectivity index (χ0n) is 14.3. The molecule has 0 unspecified atom stereocenters. The van der Waals surface area contributed by atoms with E-state index in [1.165, 1.54) is 0 Å². The van der Waals surface area contributed by atoms with Crippen LogP contribution in [0.2, 0.25) is 0 Å². The summed E-state index contributed by atoms with van der Waals surface area (Å²) in [6, 6.07) is 13.0. The normalized spacial score (nSPS) is 10.1. The average molecular weight is 329 g/mol. The van der Waals surface area contributed by atoms with Crippen molar-refractivity contribution in [2.45, 2.75) is 13.3 Å². The van der Waals surface area contributed by atoms with Crippen LogP contribution in [0.25, 0.3) is 0 Å². The van der Waals surface area contributed by atoms with Crippen molar-refractivity contribution < 1.29 is 19.0 Å². The molecule has 0 heterocycles. The molecule has 1 N–H and O–H groups in total. The molecule has 24 heavy (non-hydrogen) atoms. The van der Waals surface area contributed by atoms with Gasteiger partial charge in [-0.3, -0.25) is 4.79 Å². The van der Waals surface area contributed by atoms with Gasteiger partial charge in [-0.15, -0.1) is 0 Å². The second kappa shape index (κ2) is 8.82. The van der Waals surface area contributed by atoms with Gasteiger partial charge < -0.3 is 19.5 Å². The highest BCUT2D eigenvalue weighted by molar-refractivity contribution is 5.94. The van der Waals surface area contributed by atoms with Crippen molar-refractivity contribution in [3.05, 3.63) is 53.6 Å². The molecule has 0 saturated carbocycles. The van der Waals surface area contributed by atoms with E-state index in [1.807, 2.05) is 31.2 Å². The van der Waals surface area contributed by atoms with Crippen LogP contribution in [-0.4, -0.2) is 33.3 Å². The molecule has 0 saturated heterocycles. The smallest absolute Gasteiger partial charge is 0.251 e. The fourth-order valence-corrected chi connectivity index (χ4v) is 2.25. The Hall–Kier alpha value is -2.69. The first kappa shape index (κ1) is 17.7. The van der Waals surface area contributed by atoms with Crippen molar-refractivity contribution in [3.63, 3.8) is 0 Å². The van der Waals surface area contributed by atoms with Crippen LogP contribution < -0.4 is 19.5 Å². The lowest BCUT2D eigenvalue weighted by Gasteiger charge is -2.10. The minimum Gasteiger partial charge on any atom is -0.494 e. The van der Waals surface area contributed by atoms with Crippen LogP contribution in [0.15, 0.2) is 42.5 Å². The highest BCUT2D eigenvalue weighted by Crippen LogP contribution is 2.27. The molecule has 0 aliphatic heterocycles. The van der Waals surface area contributed by atoms with E-state index in [4.69, 9.17) is 14.2 Å². The summed E-state index contributed by atoms with van der Waals surface area (Å²) in [6.07, 6.45) is 0.729. The summed E-state index contributed by atoms with van der Waals surface area (Å²) in [6.45, 7) is 3.12. The Bertz CT molecular complexity index is 685. The van der Waals surface area contributed by atoms with Crippen molar-refractivity contribution in [2.24, 2.45) is 0 Å². The van der Waals surface area contributed by atoms with Gasteiger partial charge in [0.1, 0.15) is 5.75 Å². The van der Waals surface area contributed by atoms with E-state index in [0.29, 0.717) is 30.2 Å². The third-order valence-electron chi connectivity index (χ3n) is 3.51. The molecule has 2 aromatic rings. The minimum absolute atomic E-state index is 0.147. The SMILES string of the molecule is COc1ccc(C(=O)NCCCOc2cccc(C)c2)cc1OC. The van der Waals surface area contributed by atoms with Gasteiger partial charge in [-0.1, -0.05) is 12.1 Å². The number of carbonyl (C=O) groups is 1. The summed E-state index contributed by atoms with van der Waals surface area (Å²) in [5, 5.41) is 2.87. The maximum atomic E-state index is 12.1. The third-order valence-corrected chi connectivity index (χ3v) is 3.51. The third kappa shape index (κ3) is 4.91. The van der Waals surface area contributed by atoms with Crippen LogP contribution in [0.5, 0.6) is 17.2 Å². The standard InChI is InChI=1S/C19H23NO4/c1-14-6-4-7-16(12-14)24-11-5-10-20-19(21)15-8-9-17(22-2)18(13-15)23-3/h4,6-9,12-13H,5,10-11H2,1-3H3,(H,20,21). The molecule has 0 aliphatic carbocycles. The molecule has 2 rings (SSSR count). The molecule has 128 valence electrons. The first-order chi connectivity index (χ1) is 11.6. The van der Waals surface area contributed by atoms with Gasteiger partial charge in [0.25, 0.3) is 5.91 Å². The van der Waals surface area contributed by atoms with E-state index in [2.05, 4.69) is 5.32 Å². The van der Waals surface area contributed by atoms with Crippen LogP contribution in [0.3, 0.4) is 0 Å². The summed E-state index contributed by atoms with van der Waals surface area (Å²) in [4.78, 5) is 12.1. The first-order valence-electron chi connectivity index (χ1n) is 7.83. The van der Waals surface area contributed by atoms with Crippen LogP contribution in [0.1, 0.15) is 22.3 Å². The van der Waals surface area contributed by atoms with Crippen LogP contribution in [-0.2, 0) is 0 Å². The van der Waals surface area contributed by atoms with Gasteiger partial charge in [0.2, 0.25) is 0 Å². The second-order valence-corrected chi connectivity index (χ2v) is 5.34. The Balaban J connectivity index is 1.77. The minimum atomic E-state index is -0.147. The highest BCUT2D eigenvalue weighted by Gasteiger charge is 2.10. The predicted octanol–water partition coefficient (Wildman–Crippen LogP) is 3.21. The van der Waals surface area contributed by atoms with Crippen molar-refractivity contribution in [1.82, 2.24) is 5.32 Å². The first-order valence-corrected chi connectivity index (χ1v) is 7.83. The molecule has 0 aromatic heterocycles. The van der Waals surface area contributed by atoms with Crippen molar-refractivity contribution in [1.29, 1.82) is 0 Å².